The summed E-state index contributed by atoms with van der Waals surface area (Å²) in [5.41, 5.74) is 5.18. The summed E-state index contributed by atoms with van der Waals surface area (Å²) in [6, 6.07) is -0.352. The first-order valence-corrected chi connectivity index (χ1v) is 4.89. The largest absolute Gasteiger partial charge is 0.460 e. The van der Waals surface area contributed by atoms with Crippen LogP contribution in [0.2, 0.25) is 0 Å². The van der Waals surface area contributed by atoms with Crippen molar-refractivity contribution in [3.05, 3.63) is 0 Å². The molecule has 0 aromatic heterocycles. The molecular weight excluding hydrogens is 198 g/mol. The van der Waals surface area contributed by atoms with Crippen LogP contribution in [0.15, 0.2) is 0 Å². The van der Waals surface area contributed by atoms with E-state index < -0.39 is 5.60 Å². The highest BCUT2D eigenvalue weighted by Gasteiger charge is 2.18. The zero-order valence-corrected chi connectivity index (χ0v) is 9.91. The predicted molar refractivity (Wildman–Crippen MR) is 56.3 cm³/mol. The van der Waals surface area contributed by atoms with Crippen LogP contribution >= 0.6 is 0 Å². The van der Waals surface area contributed by atoms with E-state index in [0.29, 0.717) is 0 Å². The quantitative estimate of drug-likeness (QED) is 0.404. The van der Waals surface area contributed by atoms with Gasteiger partial charge in [-0.05, 0) is 20.8 Å². The fraction of sp³-hybridized carbons (Fsp3) is 0.900. The van der Waals surface area contributed by atoms with Gasteiger partial charge in [-0.1, -0.05) is 0 Å². The van der Waals surface area contributed by atoms with Gasteiger partial charge < -0.3 is 19.9 Å². The van der Waals surface area contributed by atoms with Crippen molar-refractivity contribution in [1.82, 2.24) is 0 Å². The third-order valence-electron chi connectivity index (χ3n) is 1.38. The summed E-state index contributed by atoms with van der Waals surface area (Å²) in [6.45, 7) is 5.92. The van der Waals surface area contributed by atoms with E-state index in [-0.39, 0.29) is 31.8 Å². The van der Waals surface area contributed by atoms with Gasteiger partial charge in [0, 0.05) is 13.2 Å². The van der Waals surface area contributed by atoms with Crippen LogP contribution in [0.3, 0.4) is 0 Å². The number of hydrogen-bond donors (Lipinski definition) is 1. The Bertz CT molecular complexity index is 188. The highest BCUT2D eigenvalue weighted by molar-refractivity contribution is 5.70. The number of rotatable bonds is 6. The smallest absolute Gasteiger partial charge is 0.307 e. The number of carbonyl (C=O) groups excluding carboxylic acids is 1. The van der Waals surface area contributed by atoms with Crippen molar-refractivity contribution in [2.75, 3.05) is 20.5 Å². The minimum Gasteiger partial charge on any atom is -0.460 e. The molecule has 1 atom stereocenters. The molecule has 0 amide bonds. The molecule has 90 valence electrons. The van der Waals surface area contributed by atoms with Gasteiger partial charge in [-0.3, -0.25) is 4.79 Å². The van der Waals surface area contributed by atoms with Crippen molar-refractivity contribution < 1.29 is 19.0 Å². The highest BCUT2D eigenvalue weighted by Crippen LogP contribution is 2.08. The number of carbonyl (C=O) groups is 1. The molecule has 0 aromatic rings. The molecule has 0 rings (SSSR count). The molecule has 0 radical (unpaired) electrons. The van der Waals surface area contributed by atoms with Gasteiger partial charge in [-0.2, -0.15) is 0 Å². The zero-order valence-electron chi connectivity index (χ0n) is 9.91. The van der Waals surface area contributed by atoms with Crippen LogP contribution in [0.5, 0.6) is 0 Å². The average molecular weight is 219 g/mol. The molecule has 0 saturated carbocycles. The van der Waals surface area contributed by atoms with Crippen LogP contribution in [-0.2, 0) is 19.0 Å². The third kappa shape index (κ3) is 9.65. The second-order valence-corrected chi connectivity index (χ2v) is 4.33. The first kappa shape index (κ1) is 14.3. The van der Waals surface area contributed by atoms with E-state index in [0.717, 1.165) is 0 Å². The van der Waals surface area contributed by atoms with Gasteiger partial charge >= 0.3 is 5.97 Å². The molecule has 0 fully saturated rings. The lowest BCUT2D eigenvalue weighted by Crippen LogP contribution is -2.33. The molecule has 0 aliphatic heterocycles. The first-order chi connectivity index (χ1) is 6.85. The molecule has 0 spiro atoms. The van der Waals surface area contributed by atoms with Gasteiger partial charge in [0.2, 0.25) is 0 Å². The highest BCUT2D eigenvalue weighted by atomic mass is 16.7. The maximum Gasteiger partial charge on any atom is 0.307 e. The molecular formula is C10H21NO4. The first-order valence-electron chi connectivity index (χ1n) is 4.89. The van der Waals surface area contributed by atoms with E-state index in [2.05, 4.69) is 4.74 Å². The lowest BCUT2D eigenvalue weighted by Gasteiger charge is -2.20. The summed E-state index contributed by atoms with van der Waals surface area (Å²) in [7, 11) is 1.53. The average Bonchev–Trinajstić information content (AvgIpc) is 2.00. The standard InChI is InChI=1S/C10H21NO4/c1-10(2,3)15-9(12)5-8(11)6-14-7-13-4/h8H,5-7,11H2,1-4H3/t8-/m0/s1. The van der Waals surface area contributed by atoms with Crippen LogP contribution < -0.4 is 5.73 Å². The van der Waals surface area contributed by atoms with Gasteiger partial charge in [-0.15, -0.1) is 0 Å². The van der Waals surface area contributed by atoms with E-state index in [9.17, 15) is 4.79 Å². The number of nitrogens with two attached hydrogens (primary N) is 1. The molecule has 0 saturated heterocycles. The molecule has 0 aliphatic rings. The predicted octanol–water partition coefficient (Wildman–Crippen LogP) is 0.666. The Kier molecular flexibility index (Phi) is 6.47. The monoisotopic (exact) mass is 219 g/mol. The fourth-order valence-electron chi connectivity index (χ4n) is 0.939. The molecule has 15 heavy (non-hydrogen) atoms. The Morgan fingerprint density at radius 3 is 2.47 bits per heavy atom. The summed E-state index contributed by atoms with van der Waals surface area (Å²) in [5.74, 6) is -0.309. The van der Waals surface area contributed by atoms with Crippen molar-refractivity contribution in [3.8, 4) is 0 Å². The molecule has 5 heteroatoms. The third-order valence-corrected chi connectivity index (χ3v) is 1.38. The summed E-state index contributed by atoms with van der Waals surface area (Å²) < 4.78 is 14.8. The molecule has 0 aliphatic carbocycles. The van der Waals surface area contributed by atoms with Crippen molar-refractivity contribution in [2.24, 2.45) is 5.73 Å². The van der Waals surface area contributed by atoms with E-state index in [1.165, 1.54) is 7.11 Å². The maximum absolute atomic E-state index is 11.3. The molecule has 0 unspecified atom stereocenters. The van der Waals surface area contributed by atoms with Gasteiger partial charge in [0.15, 0.2) is 0 Å². The number of hydrogen-bond acceptors (Lipinski definition) is 5. The molecule has 5 nitrogen and oxygen atoms in total. The van der Waals surface area contributed by atoms with Crippen LogP contribution in [0.4, 0.5) is 0 Å². The summed E-state index contributed by atoms with van der Waals surface area (Å²) in [4.78, 5) is 11.3. The van der Waals surface area contributed by atoms with Gasteiger partial charge in [0.25, 0.3) is 0 Å². The topological polar surface area (TPSA) is 70.8 Å². The van der Waals surface area contributed by atoms with Crippen LogP contribution in [-0.4, -0.2) is 38.1 Å². The SMILES string of the molecule is COCOC[C@@H](N)CC(=O)OC(C)(C)C. The Hall–Kier alpha value is -0.650. The van der Waals surface area contributed by atoms with Crippen molar-refractivity contribution in [3.63, 3.8) is 0 Å². The maximum atomic E-state index is 11.3. The molecule has 0 bridgehead atoms. The van der Waals surface area contributed by atoms with Crippen molar-refractivity contribution in [2.45, 2.75) is 38.8 Å². The minimum absolute atomic E-state index is 0.154. The van der Waals surface area contributed by atoms with Gasteiger partial charge in [-0.25, -0.2) is 0 Å². The number of methoxy groups -OCH3 is 1. The van der Waals surface area contributed by atoms with Crippen molar-refractivity contribution >= 4 is 5.97 Å². The lowest BCUT2D eigenvalue weighted by molar-refractivity contribution is -0.155. The van der Waals surface area contributed by atoms with E-state index in [1.54, 1.807) is 0 Å². The minimum atomic E-state index is -0.468. The Morgan fingerprint density at radius 1 is 1.40 bits per heavy atom. The van der Waals surface area contributed by atoms with Crippen LogP contribution in [0.25, 0.3) is 0 Å². The Balaban J connectivity index is 3.67. The van der Waals surface area contributed by atoms with E-state index in [4.69, 9.17) is 15.2 Å². The molecule has 0 aromatic carbocycles. The van der Waals surface area contributed by atoms with Crippen LogP contribution in [0.1, 0.15) is 27.2 Å². The Labute approximate surface area is 90.9 Å². The fourth-order valence-corrected chi connectivity index (χ4v) is 0.939. The second-order valence-electron chi connectivity index (χ2n) is 4.33. The lowest BCUT2D eigenvalue weighted by atomic mass is 10.2. The summed E-state index contributed by atoms with van der Waals surface area (Å²) in [6.07, 6.45) is 0.154. The van der Waals surface area contributed by atoms with Gasteiger partial charge in [0.05, 0.1) is 13.0 Å². The molecule has 2 N–H and O–H groups in total. The van der Waals surface area contributed by atoms with E-state index >= 15 is 0 Å². The summed E-state index contributed by atoms with van der Waals surface area (Å²) >= 11 is 0. The van der Waals surface area contributed by atoms with Crippen LogP contribution in [0, 0.1) is 0 Å². The number of ether oxygens (including phenoxy) is 3. The second kappa shape index (κ2) is 6.76. The molecule has 0 heterocycles. The Morgan fingerprint density at radius 2 is 2.00 bits per heavy atom. The van der Waals surface area contributed by atoms with Gasteiger partial charge in [0.1, 0.15) is 12.4 Å². The normalized spacial score (nSPS) is 13.7. The van der Waals surface area contributed by atoms with Crippen molar-refractivity contribution in [1.29, 1.82) is 0 Å². The van der Waals surface area contributed by atoms with E-state index in [1.807, 2.05) is 20.8 Å². The number of esters is 1. The zero-order chi connectivity index (χ0) is 11.9. The summed E-state index contributed by atoms with van der Waals surface area (Å²) in [5, 5.41) is 0.